The molecule has 3 aromatic rings. The lowest BCUT2D eigenvalue weighted by Crippen LogP contribution is -2.36. The Morgan fingerprint density at radius 3 is 2.54 bits per heavy atom. The molecule has 0 unspecified atom stereocenters. The fourth-order valence-electron chi connectivity index (χ4n) is 2.40. The normalized spacial score (nSPS) is 10.8. The molecule has 0 atom stereocenters. The van der Waals surface area contributed by atoms with E-state index in [1.54, 1.807) is 6.20 Å². The first-order valence-electron chi connectivity index (χ1n) is 7.87. The van der Waals surface area contributed by atoms with E-state index in [0.717, 1.165) is 16.3 Å². The van der Waals surface area contributed by atoms with Crippen LogP contribution in [0.4, 0.5) is 0 Å². The molecule has 0 radical (unpaired) electrons. The summed E-state index contributed by atoms with van der Waals surface area (Å²) in [5.41, 5.74) is 2.38. The van der Waals surface area contributed by atoms with Gasteiger partial charge in [0.15, 0.2) is 0 Å². The van der Waals surface area contributed by atoms with Crippen molar-refractivity contribution in [2.45, 2.75) is 26.4 Å². The van der Waals surface area contributed by atoms with Crippen LogP contribution in [0.5, 0.6) is 0 Å². The second-order valence-electron chi connectivity index (χ2n) is 5.77. The van der Waals surface area contributed by atoms with Crippen molar-refractivity contribution in [2.24, 2.45) is 0 Å². The van der Waals surface area contributed by atoms with Gasteiger partial charge in [0.05, 0.1) is 5.69 Å². The molecule has 0 aliphatic heterocycles. The Morgan fingerprint density at radius 2 is 1.88 bits per heavy atom. The number of carbonyl (C=O) groups excluding carboxylic acids is 1. The topological polar surface area (TPSA) is 46.1 Å². The minimum atomic E-state index is -0.0488. The summed E-state index contributed by atoms with van der Waals surface area (Å²) in [6, 6.07) is 15.8. The quantitative estimate of drug-likeness (QED) is 0.699. The van der Waals surface area contributed by atoms with Gasteiger partial charge in [-0.1, -0.05) is 36.4 Å². The molecule has 2 aromatic heterocycles. The molecule has 0 N–H and O–H groups in total. The molecule has 0 aliphatic carbocycles. The van der Waals surface area contributed by atoms with Crippen molar-refractivity contribution in [3.05, 3.63) is 71.4 Å². The van der Waals surface area contributed by atoms with Gasteiger partial charge in [-0.05, 0) is 31.5 Å². The molecule has 1 aromatic carbocycles. The van der Waals surface area contributed by atoms with Crippen LogP contribution in [0.2, 0.25) is 0 Å². The van der Waals surface area contributed by atoms with Gasteiger partial charge in [0.2, 0.25) is 0 Å². The van der Waals surface area contributed by atoms with E-state index in [-0.39, 0.29) is 11.9 Å². The number of pyridine rings is 1. The van der Waals surface area contributed by atoms with Crippen molar-refractivity contribution in [3.63, 3.8) is 0 Å². The van der Waals surface area contributed by atoms with Crippen LogP contribution in [-0.2, 0) is 6.54 Å². The van der Waals surface area contributed by atoms with Crippen LogP contribution >= 0.6 is 11.3 Å². The molecule has 122 valence electrons. The number of benzene rings is 1. The predicted octanol–water partition coefficient (Wildman–Crippen LogP) is 4.26. The maximum Gasteiger partial charge on any atom is 0.273 e. The van der Waals surface area contributed by atoms with Crippen LogP contribution < -0.4 is 0 Å². The molecule has 24 heavy (non-hydrogen) atoms. The number of hydrogen-bond acceptors (Lipinski definition) is 4. The Bertz CT molecular complexity index is 800. The molecule has 1 amide bonds. The molecule has 0 saturated carbocycles. The molecular formula is C19H19N3OS. The fraction of sp³-hybridized carbons (Fsp3) is 0.211. The molecule has 0 saturated heterocycles. The highest BCUT2D eigenvalue weighted by Gasteiger charge is 2.22. The van der Waals surface area contributed by atoms with Gasteiger partial charge >= 0.3 is 0 Å². The number of carbonyl (C=O) groups is 1. The summed E-state index contributed by atoms with van der Waals surface area (Å²) in [6.07, 6.45) is 1.73. The van der Waals surface area contributed by atoms with E-state index < -0.39 is 0 Å². The average molecular weight is 337 g/mol. The van der Waals surface area contributed by atoms with E-state index in [1.165, 1.54) is 11.3 Å². The van der Waals surface area contributed by atoms with E-state index in [1.807, 2.05) is 72.7 Å². The lowest BCUT2D eigenvalue weighted by molar-refractivity contribution is 0.0685. The molecule has 0 fully saturated rings. The van der Waals surface area contributed by atoms with E-state index in [4.69, 9.17) is 0 Å². The highest BCUT2D eigenvalue weighted by atomic mass is 32.1. The smallest absolute Gasteiger partial charge is 0.273 e. The van der Waals surface area contributed by atoms with E-state index in [9.17, 15) is 4.79 Å². The summed E-state index contributed by atoms with van der Waals surface area (Å²) < 4.78 is 0. The summed E-state index contributed by atoms with van der Waals surface area (Å²) in [7, 11) is 0. The van der Waals surface area contributed by atoms with Crippen LogP contribution in [-0.4, -0.2) is 26.8 Å². The number of amides is 1. The Kier molecular flexibility index (Phi) is 5.01. The van der Waals surface area contributed by atoms with Gasteiger partial charge in [0.25, 0.3) is 5.91 Å². The number of hydrogen-bond donors (Lipinski definition) is 0. The minimum Gasteiger partial charge on any atom is -0.331 e. The van der Waals surface area contributed by atoms with Crippen molar-refractivity contribution in [3.8, 4) is 10.7 Å². The van der Waals surface area contributed by atoms with Crippen molar-refractivity contribution >= 4 is 17.2 Å². The maximum absolute atomic E-state index is 12.9. The Labute approximate surface area is 145 Å². The molecule has 0 bridgehead atoms. The van der Waals surface area contributed by atoms with Crippen LogP contribution in [0.15, 0.2) is 60.1 Å². The molecule has 5 heteroatoms. The first-order valence-corrected chi connectivity index (χ1v) is 8.75. The molecule has 0 aliphatic rings. The van der Waals surface area contributed by atoms with Gasteiger partial charge in [-0.25, -0.2) is 4.98 Å². The third-order valence-corrected chi connectivity index (χ3v) is 4.55. The lowest BCUT2D eigenvalue weighted by Gasteiger charge is -2.26. The predicted molar refractivity (Wildman–Crippen MR) is 96.8 cm³/mol. The summed E-state index contributed by atoms with van der Waals surface area (Å²) in [4.78, 5) is 23.5. The summed E-state index contributed by atoms with van der Waals surface area (Å²) >= 11 is 1.45. The maximum atomic E-state index is 12.9. The zero-order chi connectivity index (χ0) is 16.9. The van der Waals surface area contributed by atoms with Gasteiger partial charge in [-0.2, -0.15) is 0 Å². The van der Waals surface area contributed by atoms with Crippen LogP contribution in [0.1, 0.15) is 29.9 Å². The van der Waals surface area contributed by atoms with E-state index in [0.29, 0.717) is 12.2 Å². The number of nitrogens with zero attached hydrogens (tertiary/aromatic N) is 3. The van der Waals surface area contributed by atoms with Crippen molar-refractivity contribution in [1.82, 2.24) is 14.9 Å². The van der Waals surface area contributed by atoms with Crippen LogP contribution in [0.25, 0.3) is 10.7 Å². The van der Waals surface area contributed by atoms with E-state index in [2.05, 4.69) is 9.97 Å². The Hall–Kier alpha value is -2.53. The largest absolute Gasteiger partial charge is 0.331 e. The van der Waals surface area contributed by atoms with Gasteiger partial charge in [-0.3, -0.25) is 9.78 Å². The highest BCUT2D eigenvalue weighted by molar-refractivity contribution is 7.13. The third kappa shape index (κ3) is 3.68. The molecular weight excluding hydrogens is 318 g/mol. The van der Waals surface area contributed by atoms with Crippen molar-refractivity contribution in [2.75, 3.05) is 0 Å². The van der Waals surface area contributed by atoms with E-state index >= 15 is 0 Å². The standard InChI is InChI=1S/C19H19N3OS/c1-14(2)22(12-15-8-4-3-5-9-15)19(23)17-13-24-18(21-17)16-10-6-7-11-20-16/h3-11,13-14H,12H2,1-2H3. The number of aromatic nitrogens is 2. The minimum absolute atomic E-state index is 0.0488. The number of rotatable bonds is 5. The lowest BCUT2D eigenvalue weighted by atomic mass is 10.2. The Balaban J connectivity index is 1.82. The van der Waals surface area contributed by atoms with Gasteiger partial charge in [-0.15, -0.1) is 11.3 Å². The van der Waals surface area contributed by atoms with Crippen molar-refractivity contribution in [1.29, 1.82) is 0 Å². The first-order chi connectivity index (χ1) is 11.6. The molecule has 4 nitrogen and oxygen atoms in total. The molecule has 0 spiro atoms. The first kappa shape index (κ1) is 16.3. The van der Waals surface area contributed by atoms with Gasteiger partial charge < -0.3 is 4.90 Å². The highest BCUT2D eigenvalue weighted by Crippen LogP contribution is 2.23. The van der Waals surface area contributed by atoms with Gasteiger partial charge in [0, 0.05) is 24.2 Å². The zero-order valence-corrected chi connectivity index (χ0v) is 14.5. The monoisotopic (exact) mass is 337 g/mol. The van der Waals surface area contributed by atoms with Gasteiger partial charge in [0.1, 0.15) is 10.7 Å². The summed E-state index contributed by atoms with van der Waals surface area (Å²) in [5.74, 6) is -0.0488. The number of thiazole rings is 1. The zero-order valence-electron chi connectivity index (χ0n) is 13.7. The Morgan fingerprint density at radius 1 is 1.12 bits per heavy atom. The molecule has 2 heterocycles. The third-order valence-electron chi connectivity index (χ3n) is 3.69. The average Bonchev–Trinajstić information content (AvgIpc) is 3.11. The summed E-state index contributed by atoms with van der Waals surface area (Å²) in [6.45, 7) is 4.62. The van der Waals surface area contributed by atoms with Crippen LogP contribution in [0, 0.1) is 0 Å². The second kappa shape index (κ2) is 7.36. The second-order valence-corrected chi connectivity index (χ2v) is 6.62. The van der Waals surface area contributed by atoms with Crippen LogP contribution in [0.3, 0.4) is 0 Å². The molecule has 3 rings (SSSR count). The summed E-state index contributed by atoms with van der Waals surface area (Å²) in [5, 5.41) is 2.58. The SMILES string of the molecule is CC(C)N(Cc1ccccc1)C(=O)c1csc(-c2ccccn2)n1. The fourth-order valence-corrected chi connectivity index (χ4v) is 3.16. The van der Waals surface area contributed by atoms with Crippen molar-refractivity contribution < 1.29 is 4.79 Å².